The summed E-state index contributed by atoms with van der Waals surface area (Å²) in [5.41, 5.74) is 0.925. The Hall–Kier alpha value is -3.02. The molecular formula is C20H22N2O4. The number of carbonyl (C=O) groups excluding carboxylic acids is 2. The molecular weight excluding hydrogens is 332 g/mol. The van der Waals surface area contributed by atoms with E-state index in [2.05, 4.69) is 10.6 Å². The molecule has 1 aliphatic heterocycles. The molecule has 1 heterocycles. The van der Waals surface area contributed by atoms with Crippen LogP contribution in [-0.4, -0.2) is 24.0 Å². The van der Waals surface area contributed by atoms with E-state index in [4.69, 9.17) is 9.47 Å². The summed E-state index contributed by atoms with van der Waals surface area (Å²) in [6.45, 7) is 5.92. The van der Waals surface area contributed by atoms with E-state index in [0.717, 1.165) is 11.3 Å². The summed E-state index contributed by atoms with van der Waals surface area (Å²) in [5.74, 6) is 0.879. The van der Waals surface area contributed by atoms with Gasteiger partial charge >= 0.3 is 0 Å². The smallest absolute Gasteiger partial charge is 0.268 e. The molecule has 2 N–H and O–H groups in total. The van der Waals surface area contributed by atoms with Gasteiger partial charge in [0.05, 0.1) is 18.7 Å². The number of amides is 2. The molecule has 2 aromatic carbocycles. The van der Waals surface area contributed by atoms with Gasteiger partial charge in [0, 0.05) is 0 Å². The fourth-order valence-corrected chi connectivity index (χ4v) is 2.68. The number of anilines is 2. The summed E-state index contributed by atoms with van der Waals surface area (Å²) in [6.07, 6.45) is 0.219. The number of fused-ring (bicyclic) bond motifs is 1. The lowest BCUT2D eigenvalue weighted by atomic mass is 10.1. The average Bonchev–Trinajstić information content (AvgIpc) is 2.58. The minimum Gasteiger partial charge on any atom is -0.494 e. The highest BCUT2D eigenvalue weighted by Crippen LogP contribution is 2.38. The predicted molar refractivity (Wildman–Crippen MR) is 99.7 cm³/mol. The Kier molecular flexibility index (Phi) is 4.84. The molecule has 0 unspecified atom stereocenters. The SMILES string of the molecule is CCOc1ccc(CC(=O)Nc2cccc3c2NC(=O)C(C)(C)O3)cc1. The molecule has 0 spiro atoms. The number of hydrogen-bond donors (Lipinski definition) is 2. The lowest BCUT2D eigenvalue weighted by Gasteiger charge is -2.32. The van der Waals surface area contributed by atoms with E-state index in [0.29, 0.717) is 23.7 Å². The molecule has 0 saturated carbocycles. The number of nitrogens with one attached hydrogen (secondary N) is 2. The average molecular weight is 354 g/mol. The number of para-hydroxylation sites is 1. The van der Waals surface area contributed by atoms with Gasteiger partial charge in [0.15, 0.2) is 5.60 Å². The lowest BCUT2D eigenvalue weighted by Crippen LogP contribution is -2.45. The Morgan fingerprint density at radius 1 is 1.19 bits per heavy atom. The maximum Gasteiger partial charge on any atom is 0.268 e. The van der Waals surface area contributed by atoms with Crippen LogP contribution in [0.1, 0.15) is 26.3 Å². The maximum atomic E-state index is 12.4. The van der Waals surface area contributed by atoms with Gasteiger partial charge in [-0.05, 0) is 50.6 Å². The number of rotatable bonds is 5. The van der Waals surface area contributed by atoms with Gasteiger partial charge in [0.1, 0.15) is 17.2 Å². The van der Waals surface area contributed by atoms with E-state index in [1.54, 1.807) is 32.0 Å². The fourth-order valence-electron chi connectivity index (χ4n) is 2.68. The van der Waals surface area contributed by atoms with Gasteiger partial charge in [-0.3, -0.25) is 9.59 Å². The standard InChI is InChI=1S/C20H22N2O4/c1-4-25-14-10-8-13(9-11-14)12-17(23)21-15-6-5-7-16-18(15)22-19(24)20(2,3)26-16/h5-11H,4,12H2,1-3H3,(H,21,23)(H,22,24). The van der Waals surface area contributed by atoms with E-state index < -0.39 is 5.60 Å². The summed E-state index contributed by atoms with van der Waals surface area (Å²) in [4.78, 5) is 24.5. The zero-order valence-corrected chi connectivity index (χ0v) is 15.1. The highest BCUT2D eigenvalue weighted by molar-refractivity contribution is 6.06. The van der Waals surface area contributed by atoms with Crippen LogP contribution in [-0.2, 0) is 16.0 Å². The van der Waals surface area contributed by atoms with Crippen LogP contribution in [0.15, 0.2) is 42.5 Å². The second kappa shape index (κ2) is 7.07. The summed E-state index contributed by atoms with van der Waals surface area (Å²) >= 11 is 0. The molecule has 6 nitrogen and oxygen atoms in total. The molecule has 0 aromatic heterocycles. The minimum atomic E-state index is -0.946. The minimum absolute atomic E-state index is 0.179. The Morgan fingerprint density at radius 3 is 2.62 bits per heavy atom. The van der Waals surface area contributed by atoms with E-state index in [-0.39, 0.29) is 18.2 Å². The Bertz CT molecular complexity index is 828. The van der Waals surface area contributed by atoms with E-state index >= 15 is 0 Å². The first-order chi connectivity index (χ1) is 12.4. The van der Waals surface area contributed by atoms with E-state index in [9.17, 15) is 9.59 Å². The second-order valence-electron chi connectivity index (χ2n) is 6.55. The van der Waals surface area contributed by atoms with Crippen molar-refractivity contribution in [3.63, 3.8) is 0 Å². The first kappa shape index (κ1) is 17.8. The van der Waals surface area contributed by atoms with Crippen LogP contribution in [0.4, 0.5) is 11.4 Å². The van der Waals surface area contributed by atoms with Crippen molar-refractivity contribution in [3.05, 3.63) is 48.0 Å². The van der Waals surface area contributed by atoms with Crippen molar-refractivity contribution in [1.82, 2.24) is 0 Å². The summed E-state index contributed by atoms with van der Waals surface area (Å²) in [7, 11) is 0. The van der Waals surface area contributed by atoms with Crippen LogP contribution in [0.25, 0.3) is 0 Å². The number of benzene rings is 2. The normalized spacial score (nSPS) is 14.7. The third-order valence-corrected chi connectivity index (χ3v) is 4.05. The summed E-state index contributed by atoms with van der Waals surface area (Å²) < 4.78 is 11.1. The van der Waals surface area contributed by atoms with Gasteiger partial charge in [-0.1, -0.05) is 18.2 Å². The molecule has 136 valence electrons. The van der Waals surface area contributed by atoms with Gasteiger partial charge < -0.3 is 20.1 Å². The second-order valence-corrected chi connectivity index (χ2v) is 6.55. The Morgan fingerprint density at radius 2 is 1.92 bits per heavy atom. The van der Waals surface area contributed by atoms with Crippen molar-refractivity contribution in [1.29, 1.82) is 0 Å². The van der Waals surface area contributed by atoms with Gasteiger partial charge in [0.25, 0.3) is 5.91 Å². The molecule has 0 aliphatic carbocycles. The fraction of sp³-hybridized carbons (Fsp3) is 0.300. The summed E-state index contributed by atoms with van der Waals surface area (Å²) in [6, 6.07) is 12.7. The maximum absolute atomic E-state index is 12.4. The van der Waals surface area contributed by atoms with E-state index in [1.807, 2.05) is 31.2 Å². The molecule has 6 heteroatoms. The van der Waals surface area contributed by atoms with Crippen LogP contribution in [0.2, 0.25) is 0 Å². The van der Waals surface area contributed by atoms with Crippen LogP contribution in [0, 0.1) is 0 Å². The topological polar surface area (TPSA) is 76.7 Å². The quantitative estimate of drug-likeness (QED) is 0.863. The van der Waals surface area contributed by atoms with Crippen LogP contribution < -0.4 is 20.1 Å². The van der Waals surface area contributed by atoms with Crippen LogP contribution >= 0.6 is 0 Å². The molecule has 0 atom stereocenters. The van der Waals surface area contributed by atoms with Crippen molar-refractivity contribution in [2.45, 2.75) is 32.8 Å². The van der Waals surface area contributed by atoms with E-state index in [1.165, 1.54) is 0 Å². The highest BCUT2D eigenvalue weighted by atomic mass is 16.5. The Labute approximate surface area is 152 Å². The third kappa shape index (κ3) is 3.79. The van der Waals surface area contributed by atoms with Gasteiger partial charge in [-0.15, -0.1) is 0 Å². The van der Waals surface area contributed by atoms with Gasteiger partial charge in [-0.25, -0.2) is 0 Å². The zero-order valence-electron chi connectivity index (χ0n) is 15.1. The number of carbonyl (C=O) groups is 2. The monoisotopic (exact) mass is 354 g/mol. The highest BCUT2D eigenvalue weighted by Gasteiger charge is 2.36. The van der Waals surface area contributed by atoms with Gasteiger partial charge in [-0.2, -0.15) is 0 Å². The molecule has 2 amide bonds. The predicted octanol–water partition coefficient (Wildman–Crippen LogP) is 3.38. The van der Waals surface area contributed by atoms with Crippen molar-refractivity contribution in [2.24, 2.45) is 0 Å². The van der Waals surface area contributed by atoms with Crippen molar-refractivity contribution in [3.8, 4) is 11.5 Å². The van der Waals surface area contributed by atoms with Crippen molar-refractivity contribution < 1.29 is 19.1 Å². The molecule has 0 fully saturated rings. The van der Waals surface area contributed by atoms with Gasteiger partial charge in [0.2, 0.25) is 5.91 Å². The number of hydrogen-bond acceptors (Lipinski definition) is 4. The first-order valence-electron chi connectivity index (χ1n) is 8.54. The summed E-state index contributed by atoms with van der Waals surface area (Å²) in [5, 5.41) is 5.66. The number of ether oxygens (including phenoxy) is 2. The van der Waals surface area contributed by atoms with Crippen LogP contribution in [0.3, 0.4) is 0 Å². The van der Waals surface area contributed by atoms with Crippen molar-refractivity contribution in [2.75, 3.05) is 17.2 Å². The molecule has 0 saturated heterocycles. The molecule has 1 aliphatic rings. The lowest BCUT2D eigenvalue weighted by molar-refractivity contribution is -0.129. The van der Waals surface area contributed by atoms with Crippen LogP contribution in [0.5, 0.6) is 11.5 Å². The third-order valence-electron chi connectivity index (χ3n) is 4.05. The molecule has 3 rings (SSSR count). The van der Waals surface area contributed by atoms with Crippen molar-refractivity contribution >= 4 is 23.2 Å². The molecule has 0 bridgehead atoms. The molecule has 2 aromatic rings. The zero-order chi connectivity index (χ0) is 18.7. The Balaban J connectivity index is 1.71. The largest absolute Gasteiger partial charge is 0.494 e. The molecule has 26 heavy (non-hydrogen) atoms. The molecule has 0 radical (unpaired) electrons. The first-order valence-corrected chi connectivity index (χ1v) is 8.54.